The summed E-state index contributed by atoms with van der Waals surface area (Å²) in [6.07, 6.45) is 0.285. The van der Waals surface area contributed by atoms with Crippen molar-refractivity contribution in [1.29, 1.82) is 0 Å². The maximum atomic E-state index is 12.1. The van der Waals surface area contributed by atoms with Crippen molar-refractivity contribution in [2.45, 2.75) is 6.42 Å². The molecule has 3 rings (SSSR count). The van der Waals surface area contributed by atoms with Crippen molar-refractivity contribution >= 4 is 45.6 Å². The molecule has 1 N–H and O–H groups in total. The van der Waals surface area contributed by atoms with Gasteiger partial charge in [-0.3, -0.25) is 4.79 Å². The topological polar surface area (TPSA) is 42.0 Å². The van der Waals surface area contributed by atoms with Crippen molar-refractivity contribution in [1.82, 2.24) is 4.98 Å². The molecule has 0 aliphatic rings. The normalized spacial score (nSPS) is 10.5. The van der Waals surface area contributed by atoms with Gasteiger partial charge in [0.25, 0.3) is 0 Å². The van der Waals surface area contributed by atoms with E-state index in [9.17, 15) is 4.79 Å². The quantitative estimate of drug-likeness (QED) is 0.684. The molecular weight excluding hydrogens is 351 g/mol. The molecule has 0 aliphatic carbocycles. The standard InChI is InChI=1S/C17H12Cl2N2OS/c18-13-5-1-11(2-6-13)9-16(22)21-17-20-15(10-23-17)12-3-7-14(19)8-4-12/h1-8,10H,9H2,(H,20,21,22). The third-order valence-corrected chi connectivity index (χ3v) is 4.43. The lowest BCUT2D eigenvalue weighted by Gasteiger charge is -2.02. The fourth-order valence-electron chi connectivity index (χ4n) is 2.04. The van der Waals surface area contributed by atoms with Crippen molar-refractivity contribution in [3.63, 3.8) is 0 Å². The van der Waals surface area contributed by atoms with Crippen LogP contribution in [-0.4, -0.2) is 10.9 Å². The third-order valence-electron chi connectivity index (χ3n) is 3.17. The molecule has 0 aliphatic heterocycles. The van der Waals surface area contributed by atoms with Crippen molar-refractivity contribution in [3.8, 4) is 11.3 Å². The molecule has 1 heterocycles. The lowest BCUT2D eigenvalue weighted by molar-refractivity contribution is -0.115. The number of halogens is 2. The number of benzene rings is 2. The zero-order valence-electron chi connectivity index (χ0n) is 11.9. The number of hydrogen-bond acceptors (Lipinski definition) is 3. The summed E-state index contributed by atoms with van der Waals surface area (Å²) in [5.74, 6) is -0.107. The Labute approximate surface area is 147 Å². The number of rotatable bonds is 4. The smallest absolute Gasteiger partial charge is 0.230 e. The van der Waals surface area contributed by atoms with Crippen LogP contribution in [-0.2, 0) is 11.2 Å². The van der Waals surface area contributed by atoms with Crippen LogP contribution in [0.2, 0.25) is 10.0 Å². The highest BCUT2D eigenvalue weighted by atomic mass is 35.5. The summed E-state index contributed by atoms with van der Waals surface area (Å²) in [7, 11) is 0. The molecule has 0 saturated carbocycles. The zero-order valence-corrected chi connectivity index (χ0v) is 14.3. The van der Waals surface area contributed by atoms with Crippen molar-refractivity contribution in [2.24, 2.45) is 0 Å². The maximum Gasteiger partial charge on any atom is 0.230 e. The number of nitrogens with one attached hydrogen (secondary N) is 1. The number of amides is 1. The average molecular weight is 363 g/mol. The molecule has 2 aromatic carbocycles. The predicted octanol–water partition coefficient (Wildman–Crippen LogP) is 5.30. The molecule has 0 atom stereocenters. The van der Waals surface area contributed by atoms with Crippen molar-refractivity contribution in [2.75, 3.05) is 5.32 Å². The van der Waals surface area contributed by atoms with Gasteiger partial charge in [0, 0.05) is 21.0 Å². The lowest BCUT2D eigenvalue weighted by Crippen LogP contribution is -2.14. The number of hydrogen-bond donors (Lipinski definition) is 1. The van der Waals surface area contributed by atoms with Gasteiger partial charge in [0.15, 0.2) is 5.13 Å². The van der Waals surface area contributed by atoms with Crippen molar-refractivity contribution in [3.05, 3.63) is 69.5 Å². The summed E-state index contributed by atoms with van der Waals surface area (Å²) in [4.78, 5) is 16.5. The number of aromatic nitrogens is 1. The summed E-state index contributed by atoms with van der Waals surface area (Å²) in [6, 6.07) is 14.6. The summed E-state index contributed by atoms with van der Waals surface area (Å²) in [5.41, 5.74) is 2.68. The molecular formula is C17H12Cl2N2OS. The molecule has 0 radical (unpaired) electrons. The van der Waals surface area contributed by atoms with Gasteiger partial charge in [0.05, 0.1) is 12.1 Å². The minimum absolute atomic E-state index is 0.107. The zero-order chi connectivity index (χ0) is 16.2. The van der Waals surface area contributed by atoms with Gasteiger partial charge in [-0.1, -0.05) is 47.5 Å². The van der Waals surface area contributed by atoms with Gasteiger partial charge in [-0.15, -0.1) is 11.3 Å². The first kappa shape index (κ1) is 16.0. The van der Waals surface area contributed by atoms with E-state index in [4.69, 9.17) is 23.2 Å². The highest BCUT2D eigenvalue weighted by Crippen LogP contribution is 2.26. The molecule has 0 bridgehead atoms. The minimum Gasteiger partial charge on any atom is -0.302 e. The Balaban J connectivity index is 1.65. The molecule has 3 nitrogen and oxygen atoms in total. The second kappa shape index (κ2) is 7.13. The van der Waals surface area contributed by atoms with E-state index in [2.05, 4.69) is 10.3 Å². The molecule has 0 fully saturated rings. The van der Waals surface area contributed by atoms with Gasteiger partial charge >= 0.3 is 0 Å². The first-order valence-corrected chi connectivity index (χ1v) is 8.49. The average Bonchev–Trinajstić information content (AvgIpc) is 2.98. The molecule has 1 amide bonds. The highest BCUT2D eigenvalue weighted by Gasteiger charge is 2.09. The Hall–Kier alpha value is -1.88. The van der Waals surface area contributed by atoms with E-state index in [0.717, 1.165) is 16.8 Å². The van der Waals surface area contributed by atoms with Crippen LogP contribution in [0.25, 0.3) is 11.3 Å². The van der Waals surface area contributed by atoms with Crippen LogP contribution in [0.15, 0.2) is 53.9 Å². The molecule has 3 aromatic rings. The molecule has 0 spiro atoms. The maximum absolute atomic E-state index is 12.1. The van der Waals surface area contributed by atoms with Gasteiger partial charge < -0.3 is 5.32 Å². The first-order chi connectivity index (χ1) is 11.1. The van der Waals surface area contributed by atoms with Gasteiger partial charge in [0.1, 0.15) is 0 Å². The number of carbonyl (C=O) groups excluding carboxylic acids is 1. The highest BCUT2D eigenvalue weighted by molar-refractivity contribution is 7.14. The van der Waals surface area contributed by atoms with E-state index in [-0.39, 0.29) is 12.3 Å². The monoisotopic (exact) mass is 362 g/mol. The van der Waals surface area contributed by atoms with Crippen LogP contribution in [0.4, 0.5) is 5.13 Å². The van der Waals surface area contributed by atoms with Crippen LogP contribution >= 0.6 is 34.5 Å². The van der Waals surface area contributed by atoms with Gasteiger partial charge in [-0.25, -0.2) is 4.98 Å². The number of carbonyl (C=O) groups is 1. The van der Waals surface area contributed by atoms with Crippen LogP contribution in [0.3, 0.4) is 0 Å². The Morgan fingerprint density at radius 1 is 1.00 bits per heavy atom. The van der Waals surface area contributed by atoms with Gasteiger partial charge in [-0.05, 0) is 29.8 Å². The Bertz CT molecular complexity index is 813. The van der Waals surface area contributed by atoms with Gasteiger partial charge in [0.2, 0.25) is 5.91 Å². The van der Waals surface area contributed by atoms with Crippen LogP contribution < -0.4 is 5.32 Å². The molecule has 23 heavy (non-hydrogen) atoms. The Morgan fingerprint density at radius 3 is 2.26 bits per heavy atom. The first-order valence-electron chi connectivity index (χ1n) is 6.86. The number of nitrogens with zero attached hydrogens (tertiary/aromatic N) is 1. The Morgan fingerprint density at radius 2 is 1.61 bits per heavy atom. The number of anilines is 1. The minimum atomic E-state index is -0.107. The largest absolute Gasteiger partial charge is 0.302 e. The lowest BCUT2D eigenvalue weighted by atomic mass is 10.1. The summed E-state index contributed by atoms with van der Waals surface area (Å²) in [6.45, 7) is 0. The summed E-state index contributed by atoms with van der Waals surface area (Å²) < 4.78 is 0. The summed E-state index contributed by atoms with van der Waals surface area (Å²) in [5, 5.41) is 6.63. The van der Waals surface area contributed by atoms with Crippen LogP contribution in [0, 0.1) is 0 Å². The van der Waals surface area contributed by atoms with Crippen LogP contribution in [0.5, 0.6) is 0 Å². The summed E-state index contributed by atoms with van der Waals surface area (Å²) >= 11 is 13.1. The van der Waals surface area contributed by atoms with Crippen molar-refractivity contribution < 1.29 is 4.79 Å². The van der Waals surface area contributed by atoms with E-state index in [1.165, 1.54) is 11.3 Å². The van der Waals surface area contributed by atoms with E-state index in [1.807, 2.05) is 41.8 Å². The molecule has 0 saturated heterocycles. The van der Waals surface area contributed by atoms with E-state index >= 15 is 0 Å². The van der Waals surface area contributed by atoms with Crippen LogP contribution in [0.1, 0.15) is 5.56 Å². The second-order valence-electron chi connectivity index (χ2n) is 4.90. The molecule has 116 valence electrons. The van der Waals surface area contributed by atoms with E-state index < -0.39 is 0 Å². The Kier molecular flexibility index (Phi) is 4.96. The molecule has 6 heteroatoms. The predicted molar refractivity (Wildman–Crippen MR) is 96.3 cm³/mol. The van der Waals surface area contributed by atoms with Gasteiger partial charge in [-0.2, -0.15) is 0 Å². The fourth-order valence-corrected chi connectivity index (χ4v) is 3.02. The SMILES string of the molecule is O=C(Cc1ccc(Cl)cc1)Nc1nc(-c2ccc(Cl)cc2)cs1. The van der Waals surface area contributed by atoms with E-state index in [0.29, 0.717) is 15.2 Å². The number of thiazole rings is 1. The molecule has 1 aromatic heterocycles. The third kappa shape index (κ3) is 4.32. The fraction of sp³-hybridized carbons (Fsp3) is 0.0588. The molecule has 0 unspecified atom stereocenters. The van der Waals surface area contributed by atoms with E-state index in [1.54, 1.807) is 12.1 Å². The second-order valence-corrected chi connectivity index (χ2v) is 6.63.